The van der Waals surface area contributed by atoms with Crippen molar-refractivity contribution in [3.63, 3.8) is 0 Å². The van der Waals surface area contributed by atoms with Gasteiger partial charge < -0.3 is 21.3 Å². The average Bonchev–Trinajstić information content (AvgIpc) is 2.39. The molecular formula is C13H21N5O. The third kappa shape index (κ3) is 2.96. The van der Waals surface area contributed by atoms with E-state index in [4.69, 9.17) is 11.5 Å². The van der Waals surface area contributed by atoms with Crippen molar-refractivity contribution in [1.29, 1.82) is 0 Å². The van der Waals surface area contributed by atoms with Crippen LogP contribution in [0.5, 0.6) is 0 Å². The number of amides is 1. The molecule has 104 valence electrons. The Morgan fingerprint density at radius 3 is 2.84 bits per heavy atom. The van der Waals surface area contributed by atoms with Crippen LogP contribution in [-0.4, -0.2) is 49.0 Å². The zero-order chi connectivity index (χ0) is 14.0. The Hall–Kier alpha value is -1.82. The van der Waals surface area contributed by atoms with Crippen molar-refractivity contribution in [3.8, 4) is 0 Å². The van der Waals surface area contributed by atoms with E-state index in [1.807, 2.05) is 0 Å². The summed E-state index contributed by atoms with van der Waals surface area (Å²) in [6, 6.07) is 3.74. The molecule has 2 rings (SSSR count). The fourth-order valence-corrected chi connectivity index (χ4v) is 2.42. The molecular weight excluding hydrogens is 242 g/mol. The molecule has 0 aromatic carbocycles. The minimum Gasteiger partial charge on any atom is -0.396 e. The van der Waals surface area contributed by atoms with Gasteiger partial charge in [0.05, 0.1) is 5.69 Å². The Labute approximate surface area is 113 Å². The quantitative estimate of drug-likeness (QED) is 0.818. The first-order valence-corrected chi connectivity index (χ1v) is 6.46. The van der Waals surface area contributed by atoms with E-state index in [-0.39, 0.29) is 5.69 Å². The predicted molar refractivity (Wildman–Crippen MR) is 76.1 cm³/mol. The molecule has 4 N–H and O–H groups in total. The number of nitrogen functional groups attached to an aromatic ring is 1. The van der Waals surface area contributed by atoms with Crippen molar-refractivity contribution in [2.45, 2.75) is 18.9 Å². The van der Waals surface area contributed by atoms with Gasteiger partial charge in [-0.2, -0.15) is 0 Å². The Balaban J connectivity index is 2.25. The fraction of sp³-hybridized carbons (Fsp3) is 0.538. The number of pyridine rings is 1. The summed E-state index contributed by atoms with van der Waals surface area (Å²) in [5.41, 5.74) is 12.1. The summed E-state index contributed by atoms with van der Waals surface area (Å²) < 4.78 is 0. The lowest BCUT2D eigenvalue weighted by molar-refractivity contribution is 0.0995. The number of rotatable bonds is 3. The standard InChI is InChI=1S/C13H21N5O/c1-17(2)9-4-3-7-18(8-9)13-10(14)5-6-11(16-13)12(15)19/h5-6,9H,3-4,7-8,14H2,1-2H3,(H2,15,19). The van der Waals surface area contributed by atoms with Gasteiger partial charge in [-0.3, -0.25) is 4.79 Å². The number of anilines is 2. The molecule has 2 heterocycles. The van der Waals surface area contributed by atoms with E-state index in [1.165, 1.54) is 6.42 Å². The van der Waals surface area contributed by atoms with E-state index in [0.29, 0.717) is 17.5 Å². The van der Waals surface area contributed by atoms with Gasteiger partial charge in [-0.1, -0.05) is 0 Å². The largest absolute Gasteiger partial charge is 0.396 e. The summed E-state index contributed by atoms with van der Waals surface area (Å²) in [5.74, 6) is 0.144. The molecule has 1 aromatic heterocycles. The van der Waals surface area contributed by atoms with Crippen LogP contribution in [-0.2, 0) is 0 Å². The topological polar surface area (TPSA) is 88.5 Å². The van der Waals surface area contributed by atoms with Crippen molar-refractivity contribution in [2.75, 3.05) is 37.8 Å². The summed E-state index contributed by atoms with van der Waals surface area (Å²) >= 11 is 0. The minimum absolute atomic E-state index is 0.260. The maximum absolute atomic E-state index is 11.2. The van der Waals surface area contributed by atoms with Gasteiger partial charge in [0.2, 0.25) is 0 Å². The van der Waals surface area contributed by atoms with Crippen LogP contribution in [0.25, 0.3) is 0 Å². The number of piperidine rings is 1. The Morgan fingerprint density at radius 1 is 1.47 bits per heavy atom. The summed E-state index contributed by atoms with van der Waals surface area (Å²) in [6.07, 6.45) is 2.25. The number of nitrogens with two attached hydrogens (primary N) is 2. The molecule has 1 fully saturated rings. The molecule has 1 aliphatic heterocycles. The van der Waals surface area contributed by atoms with Crippen LogP contribution in [0.4, 0.5) is 11.5 Å². The van der Waals surface area contributed by atoms with Crippen molar-refractivity contribution in [3.05, 3.63) is 17.8 Å². The molecule has 1 unspecified atom stereocenters. The van der Waals surface area contributed by atoms with E-state index in [9.17, 15) is 4.79 Å². The van der Waals surface area contributed by atoms with E-state index in [0.717, 1.165) is 19.5 Å². The van der Waals surface area contributed by atoms with Gasteiger partial charge in [0.1, 0.15) is 5.69 Å². The molecule has 1 aliphatic rings. The van der Waals surface area contributed by atoms with Gasteiger partial charge in [-0.25, -0.2) is 4.98 Å². The maximum atomic E-state index is 11.2. The third-order valence-corrected chi connectivity index (χ3v) is 3.58. The highest BCUT2D eigenvalue weighted by molar-refractivity contribution is 5.91. The molecule has 1 atom stereocenters. The smallest absolute Gasteiger partial charge is 0.267 e. The lowest BCUT2D eigenvalue weighted by atomic mass is 10.0. The second kappa shape index (κ2) is 5.44. The second-order valence-electron chi connectivity index (χ2n) is 5.18. The van der Waals surface area contributed by atoms with E-state index in [2.05, 4.69) is 28.9 Å². The van der Waals surface area contributed by atoms with Gasteiger partial charge in [-0.15, -0.1) is 0 Å². The number of primary amides is 1. The zero-order valence-electron chi connectivity index (χ0n) is 11.5. The van der Waals surface area contributed by atoms with Gasteiger partial charge in [-0.05, 0) is 39.1 Å². The van der Waals surface area contributed by atoms with Crippen molar-refractivity contribution >= 4 is 17.4 Å². The van der Waals surface area contributed by atoms with Gasteiger partial charge in [0.15, 0.2) is 5.82 Å². The number of nitrogens with zero attached hydrogens (tertiary/aromatic N) is 3. The third-order valence-electron chi connectivity index (χ3n) is 3.58. The highest BCUT2D eigenvalue weighted by atomic mass is 16.1. The summed E-state index contributed by atoms with van der Waals surface area (Å²) in [7, 11) is 4.15. The molecule has 1 saturated heterocycles. The molecule has 0 saturated carbocycles. The van der Waals surface area contributed by atoms with Gasteiger partial charge in [0.25, 0.3) is 5.91 Å². The first-order chi connectivity index (χ1) is 8.99. The van der Waals surface area contributed by atoms with Crippen LogP contribution in [0.3, 0.4) is 0 Å². The molecule has 1 aromatic rings. The summed E-state index contributed by atoms with van der Waals surface area (Å²) in [4.78, 5) is 19.9. The molecule has 6 nitrogen and oxygen atoms in total. The SMILES string of the molecule is CN(C)C1CCCN(c2nc(C(N)=O)ccc2N)C1. The van der Waals surface area contributed by atoms with Crippen LogP contribution in [0.1, 0.15) is 23.3 Å². The molecule has 0 radical (unpaired) electrons. The van der Waals surface area contributed by atoms with Gasteiger partial charge in [0, 0.05) is 19.1 Å². The lowest BCUT2D eigenvalue weighted by Gasteiger charge is -2.37. The number of hydrogen-bond donors (Lipinski definition) is 2. The molecule has 0 bridgehead atoms. The number of aromatic nitrogens is 1. The fourth-order valence-electron chi connectivity index (χ4n) is 2.42. The lowest BCUT2D eigenvalue weighted by Crippen LogP contribution is -2.45. The average molecular weight is 263 g/mol. The Morgan fingerprint density at radius 2 is 2.21 bits per heavy atom. The first-order valence-electron chi connectivity index (χ1n) is 6.46. The monoisotopic (exact) mass is 263 g/mol. The van der Waals surface area contributed by atoms with Crippen LogP contribution in [0.15, 0.2) is 12.1 Å². The van der Waals surface area contributed by atoms with E-state index >= 15 is 0 Å². The van der Waals surface area contributed by atoms with Gasteiger partial charge >= 0.3 is 0 Å². The normalized spacial score (nSPS) is 19.7. The molecule has 0 aliphatic carbocycles. The maximum Gasteiger partial charge on any atom is 0.267 e. The van der Waals surface area contributed by atoms with Crippen LogP contribution in [0, 0.1) is 0 Å². The highest BCUT2D eigenvalue weighted by Gasteiger charge is 2.24. The Kier molecular flexibility index (Phi) is 3.90. The zero-order valence-corrected chi connectivity index (χ0v) is 11.5. The first kappa shape index (κ1) is 13.6. The number of carbonyl (C=O) groups is 1. The Bertz CT molecular complexity index is 474. The van der Waals surface area contributed by atoms with Crippen LogP contribution >= 0.6 is 0 Å². The van der Waals surface area contributed by atoms with Crippen LogP contribution in [0.2, 0.25) is 0 Å². The van der Waals surface area contributed by atoms with E-state index in [1.54, 1.807) is 12.1 Å². The second-order valence-corrected chi connectivity index (χ2v) is 5.18. The minimum atomic E-state index is -0.526. The molecule has 0 spiro atoms. The summed E-state index contributed by atoms with van der Waals surface area (Å²) in [5, 5.41) is 0. The number of hydrogen-bond acceptors (Lipinski definition) is 5. The van der Waals surface area contributed by atoms with Crippen molar-refractivity contribution in [1.82, 2.24) is 9.88 Å². The summed E-state index contributed by atoms with van der Waals surface area (Å²) in [6.45, 7) is 1.77. The van der Waals surface area contributed by atoms with Crippen molar-refractivity contribution in [2.24, 2.45) is 5.73 Å². The molecule has 19 heavy (non-hydrogen) atoms. The number of carbonyl (C=O) groups excluding carboxylic acids is 1. The van der Waals surface area contributed by atoms with Crippen LogP contribution < -0.4 is 16.4 Å². The molecule has 1 amide bonds. The molecule has 6 heteroatoms. The predicted octanol–water partition coefficient (Wildman–Crippen LogP) is 0.293. The van der Waals surface area contributed by atoms with Crippen molar-refractivity contribution < 1.29 is 4.79 Å². The number of likely N-dealkylation sites (N-methyl/N-ethyl adjacent to an activating group) is 1. The van der Waals surface area contributed by atoms with E-state index < -0.39 is 5.91 Å². The highest BCUT2D eigenvalue weighted by Crippen LogP contribution is 2.25.